The van der Waals surface area contributed by atoms with Crippen LogP contribution < -0.4 is 16.6 Å². The van der Waals surface area contributed by atoms with Crippen molar-refractivity contribution in [2.45, 2.75) is 13.8 Å². The average Bonchev–Trinajstić information content (AvgIpc) is 2.42. The number of nitrogens with two attached hydrogens (primary N) is 1. The highest BCUT2D eigenvalue weighted by Crippen LogP contribution is 2.14. The maximum absolute atomic E-state index is 13.4. The molecule has 1 aromatic heterocycles. The summed E-state index contributed by atoms with van der Waals surface area (Å²) in [6.07, 6.45) is 0. The molecule has 0 saturated heterocycles. The van der Waals surface area contributed by atoms with Crippen LogP contribution in [0.15, 0.2) is 24.3 Å². The maximum Gasteiger partial charge on any atom is 0.274 e. The number of carbonyl (C=O) groups excluding carboxylic acids is 1. The first-order valence-corrected chi connectivity index (χ1v) is 5.89. The van der Waals surface area contributed by atoms with Crippen molar-refractivity contribution >= 4 is 17.5 Å². The van der Waals surface area contributed by atoms with Gasteiger partial charge in [-0.25, -0.2) is 20.2 Å². The Hall–Kier alpha value is -2.54. The average molecular weight is 275 g/mol. The predicted molar refractivity (Wildman–Crippen MR) is 73.7 cm³/mol. The molecule has 7 heteroatoms. The SMILES string of the molecule is Cc1cc(C(=O)Nc2ccc(C)c(F)c2)nc(NN)n1. The standard InChI is InChI=1S/C13H14FN5O/c1-7-3-4-9(6-10(7)14)17-12(20)11-5-8(2)16-13(18-11)19-15/h3-6H,15H2,1-2H3,(H,17,20)(H,16,18,19). The van der Waals surface area contributed by atoms with E-state index in [0.29, 0.717) is 16.9 Å². The van der Waals surface area contributed by atoms with E-state index >= 15 is 0 Å². The third-order valence-corrected chi connectivity index (χ3v) is 2.65. The van der Waals surface area contributed by atoms with Crippen LogP contribution in [-0.2, 0) is 0 Å². The summed E-state index contributed by atoms with van der Waals surface area (Å²) in [5, 5.41) is 2.57. The van der Waals surface area contributed by atoms with Crippen LogP contribution in [0, 0.1) is 19.7 Å². The van der Waals surface area contributed by atoms with E-state index in [1.807, 2.05) is 0 Å². The summed E-state index contributed by atoms with van der Waals surface area (Å²) >= 11 is 0. The smallest absolute Gasteiger partial charge is 0.274 e. The molecule has 0 spiro atoms. The van der Waals surface area contributed by atoms with Crippen LogP contribution in [0.5, 0.6) is 0 Å². The van der Waals surface area contributed by atoms with E-state index < -0.39 is 5.91 Å². The van der Waals surface area contributed by atoms with E-state index in [0.717, 1.165) is 0 Å². The first kappa shape index (κ1) is 13.9. The van der Waals surface area contributed by atoms with Crippen LogP contribution in [0.3, 0.4) is 0 Å². The lowest BCUT2D eigenvalue weighted by Crippen LogP contribution is -2.18. The fourth-order valence-corrected chi connectivity index (χ4v) is 1.62. The molecule has 1 heterocycles. The number of carbonyl (C=O) groups is 1. The van der Waals surface area contributed by atoms with Gasteiger partial charge in [-0.2, -0.15) is 0 Å². The number of rotatable bonds is 3. The number of benzene rings is 1. The summed E-state index contributed by atoms with van der Waals surface area (Å²) in [5.74, 6) is 4.52. The first-order valence-electron chi connectivity index (χ1n) is 5.89. The van der Waals surface area contributed by atoms with Crippen LogP contribution in [0.2, 0.25) is 0 Å². The molecule has 4 N–H and O–H groups in total. The number of hydrazine groups is 1. The number of hydrogen-bond donors (Lipinski definition) is 3. The van der Waals surface area contributed by atoms with Crippen molar-refractivity contribution in [3.8, 4) is 0 Å². The minimum absolute atomic E-state index is 0.144. The highest BCUT2D eigenvalue weighted by atomic mass is 19.1. The van der Waals surface area contributed by atoms with Crippen molar-refractivity contribution < 1.29 is 9.18 Å². The second-order valence-corrected chi connectivity index (χ2v) is 4.28. The zero-order chi connectivity index (χ0) is 14.7. The molecule has 0 bridgehead atoms. The van der Waals surface area contributed by atoms with Gasteiger partial charge < -0.3 is 5.32 Å². The van der Waals surface area contributed by atoms with Gasteiger partial charge in [-0.3, -0.25) is 10.2 Å². The topological polar surface area (TPSA) is 92.9 Å². The van der Waals surface area contributed by atoms with Crippen molar-refractivity contribution in [3.05, 3.63) is 47.0 Å². The zero-order valence-electron chi connectivity index (χ0n) is 11.1. The third kappa shape index (κ3) is 3.07. The van der Waals surface area contributed by atoms with E-state index in [1.165, 1.54) is 12.1 Å². The van der Waals surface area contributed by atoms with Crippen molar-refractivity contribution in [2.75, 3.05) is 10.7 Å². The molecule has 0 unspecified atom stereocenters. The summed E-state index contributed by atoms with van der Waals surface area (Å²) in [5.41, 5.74) is 3.88. The Bertz CT molecular complexity index is 659. The quantitative estimate of drug-likeness (QED) is 0.586. The van der Waals surface area contributed by atoms with E-state index in [-0.39, 0.29) is 17.5 Å². The second-order valence-electron chi connectivity index (χ2n) is 4.28. The number of halogens is 1. The van der Waals surface area contributed by atoms with Crippen LogP contribution in [-0.4, -0.2) is 15.9 Å². The molecule has 0 atom stereocenters. The highest BCUT2D eigenvalue weighted by molar-refractivity contribution is 6.03. The van der Waals surface area contributed by atoms with Gasteiger partial charge in [0, 0.05) is 11.4 Å². The Kier molecular flexibility index (Phi) is 3.90. The number of aryl methyl sites for hydroxylation is 2. The van der Waals surface area contributed by atoms with Crippen molar-refractivity contribution in [3.63, 3.8) is 0 Å². The molecule has 0 fully saturated rings. The number of anilines is 2. The number of nitrogen functional groups attached to an aromatic ring is 1. The molecule has 1 amide bonds. The van der Waals surface area contributed by atoms with Crippen LogP contribution in [0.25, 0.3) is 0 Å². The normalized spacial score (nSPS) is 10.2. The summed E-state index contributed by atoms with van der Waals surface area (Å²) in [4.78, 5) is 20.0. The van der Waals surface area contributed by atoms with E-state index in [4.69, 9.17) is 5.84 Å². The van der Waals surface area contributed by atoms with Gasteiger partial charge in [0.1, 0.15) is 11.5 Å². The lowest BCUT2D eigenvalue weighted by molar-refractivity contribution is 0.102. The third-order valence-electron chi connectivity index (χ3n) is 2.65. The summed E-state index contributed by atoms with van der Waals surface area (Å²) in [6.45, 7) is 3.36. The molecular weight excluding hydrogens is 261 g/mol. The van der Waals surface area contributed by atoms with E-state index in [9.17, 15) is 9.18 Å². The van der Waals surface area contributed by atoms with Gasteiger partial charge in [0.05, 0.1) is 0 Å². The van der Waals surface area contributed by atoms with Crippen molar-refractivity contribution in [1.29, 1.82) is 0 Å². The fourth-order valence-electron chi connectivity index (χ4n) is 1.62. The minimum atomic E-state index is -0.463. The highest BCUT2D eigenvalue weighted by Gasteiger charge is 2.11. The number of nitrogens with zero attached hydrogens (tertiary/aromatic N) is 2. The number of aromatic nitrogens is 2. The van der Waals surface area contributed by atoms with Crippen LogP contribution in [0.1, 0.15) is 21.7 Å². The lowest BCUT2D eigenvalue weighted by atomic mass is 10.2. The molecule has 0 radical (unpaired) electrons. The number of nitrogens with one attached hydrogen (secondary N) is 2. The summed E-state index contributed by atoms with van der Waals surface area (Å²) in [6, 6.07) is 5.97. The molecular formula is C13H14FN5O. The van der Waals surface area contributed by atoms with Gasteiger partial charge in [0.25, 0.3) is 5.91 Å². The molecule has 20 heavy (non-hydrogen) atoms. The van der Waals surface area contributed by atoms with Gasteiger partial charge >= 0.3 is 0 Å². The van der Waals surface area contributed by atoms with Gasteiger partial charge in [-0.1, -0.05) is 6.07 Å². The van der Waals surface area contributed by atoms with Gasteiger partial charge in [-0.15, -0.1) is 0 Å². The van der Waals surface area contributed by atoms with Crippen molar-refractivity contribution in [1.82, 2.24) is 9.97 Å². The molecule has 1 aromatic carbocycles. The Morgan fingerprint density at radius 3 is 2.65 bits per heavy atom. The summed E-state index contributed by atoms with van der Waals surface area (Å²) < 4.78 is 13.4. The molecule has 2 aromatic rings. The predicted octanol–water partition coefficient (Wildman–Crippen LogP) is 1.77. The summed E-state index contributed by atoms with van der Waals surface area (Å²) in [7, 11) is 0. The number of amides is 1. The molecule has 0 aliphatic carbocycles. The van der Waals surface area contributed by atoms with E-state index in [2.05, 4.69) is 20.7 Å². The second kappa shape index (κ2) is 5.62. The Labute approximate surface area is 115 Å². The monoisotopic (exact) mass is 275 g/mol. The molecule has 0 aliphatic rings. The van der Waals surface area contributed by atoms with Gasteiger partial charge in [0.2, 0.25) is 5.95 Å². The van der Waals surface area contributed by atoms with Crippen LogP contribution in [0.4, 0.5) is 16.0 Å². The molecule has 0 aliphatic heterocycles. The Balaban J connectivity index is 2.23. The fraction of sp³-hybridized carbons (Fsp3) is 0.154. The molecule has 104 valence electrons. The Morgan fingerprint density at radius 2 is 2.00 bits per heavy atom. The van der Waals surface area contributed by atoms with Gasteiger partial charge in [-0.05, 0) is 37.6 Å². The molecule has 0 saturated carbocycles. The minimum Gasteiger partial charge on any atom is -0.321 e. The molecule has 2 rings (SSSR count). The lowest BCUT2D eigenvalue weighted by Gasteiger charge is -2.07. The first-order chi connectivity index (χ1) is 9.49. The number of hydrogen-bond acceptors (Lipinski definition) is 5. The Morgan fingerprint density at radius 1 is 1.25 bits per heavy atom. The van der Waals surface area contributed by atoms with Crippen LogP contribution >= 0.6 is 0 Å². The van der Waals surface area contributed by atoms with Crippen molar-refractivity contribution in [2.24, 2.45) is 5.84 Å². The largest absolute Gasteiger partial charge is 0.321 e. The zero-order valence-corrected chi connectivity index (χ0v) is 11.1. The maximum atomic E-state index is 13.4. The van der Waals surface area contributed by atoms with Gasteiger partial charge in [0.15, 0.2) is 0 Å². The molecule has 6 nitrogen and oxygen atoms in total. The van der Waals surface area contributed by atoms with E-state index in [1.54, 1.807) is 26.0 Å².